The summed E-state index contributed by atoms with van der Waals surface area (Å²) in [6.07, 6.45) is 4.53. The maximum absolute atomic E-state index is 12.0. The van der Waals surface area contributed by atoms with Crippen LogP contribution in [0.2, 0.25) is 0 Å². The van der Waals surface area contributed by atoms with Crippen molar-refractivity contribution in [1.82, 2.24) is 0 Å². The summed E-state index contributed by atoms with van der Waals surface area (Å²) in [6, 6.07) is 7.55. The van der Waals surface area contributed by atoms with Gasteiger partial charge in [-0.25, -0.2) is 4.79 Å². The molecule has 0 aromatic heterocycles. The van der Waals surface area contributed by atoms with Crippen LogP contribution in [-0.4, -0.2) is 12.1 Å². The van der Waals surface area contributed by atoms with Gasteiger partial charge in [0.05, 0.1) is 5.56 Å². The van der Waals surface area contributed by atoms with Crippen molar-refractivity contribution in [2.45, 2.75) is 64.9 Å². The minimum absolute atomic E-state index is 0.0385. The van der Waals surface area contributed by atoms with Crippen LogP contribution >= 0.6 is 0 Å². The third-order valence-electron chi connectivity index (χ3n) is 4.27. The second kappa shape index (κ2) is 6.61. The molecule has 0 saturated heterocycles. The summed E-state index contributed by atoms with van der Waals surface area (Å²) in [5.41, 5.74) is 1.81. The van der Waals surface area contributed by atoms with Crippen LogP contribution in [0.4, 0.5) is 0 Å². The van der Waals surface area contributed by atoms with Gasteiger partial charge in [-0.2, -0.15) is 4.89 Å². The first-order valence-corrected chi connectivity index (χ1v) is 7.86. The Morgan fingerprint density at radius 2 is 1.71 bits per heavy atom. The van der Waals surface area contributed by atoms with E-state index in [9.17, 15) is 4.79 Å². The second-order valence-corrected chi connectivity index (χ2v) is 7.09. The van der Waals surface area contributed by atoms with Crippen molar-refractivity contribution in [2.75, 3.05) is 0 Å². The highest BCUT2D eigenvalue weighted by atomic mass is 17.2. The fraction of sp³-hybridized carbons (Fsp3) is 0.611. The van der Waals surface area contributed by atoms with Gasteiger partial charge in [-0.15, -0.1) is 0 Å². The number of hydrogen-bond acceptors (Lipinski definition) is 3. The Labute approximate surface area is 127 Å². The third-order valence-corrected chi connectivity index (χ3v) is 4.27. The van der Waals surface area contributed by atoms with E-state index in [2.05, 4.69) is 27.7 Å². The zero-order chi connectivity index (χ0) is 15.5. The molecule has 3 heteroatoms. The van der Waals surface area contributed by atoms with Crippen LogP contribution in [0.3, 0.4) is 0 Å². The predicted octanol–water partition coefficient (Wildman–Crippen LogP) is 4.65. The predicted molar refractivity (Wildman–Crippen MR) is 83.1 cm³/mol. The van der Waals surface area contributed by atoms with E-state index in [0.29, 0.717) is 11.5 Å². The summed E-state index contributed by atoms with van der Waals surface area (Å²) in [4.78, 5) is 22.4. The number of carbonyl (C=O) groups is 1. The molecular formula is C18H26O3. The van der Waals surface area contributed by atoms with E-state index in [1.165, 1.54) is 12.0 Å². The zero-order valence-corrected chi connectivity index (χ0v) is 13.5. The van der Waals surface area contributed by atoms with E-state index in [1.807, 2.05) is 12.1 Å². The van der Waals surface area contributed by atoms with Crippen molar-refractivity contribution < 1.29 is 14.6 Å². The Balaban J connectivity index is 1.91. The summed E-state index contributed by atoms with van der Waals surface area (Å²) in [6.45, 7) is 8.59. The first-order chi connectivity index (χ1) is 9.88. The average molecular weight is 290 g/mol. The van der Waals surface area contributed by atoms with Gasteiger partial charge in [0.15, 0.2) is 0 Å². The standard InChI is InChI=1S/C18H26O3/c1-13-7-5-6-8-16(13)20-21-17(19)14-9-11-15(12-10-14)18(2,3)4/h9-13,16H,5-8H2,1-4H3. The van der Waals surface area contributed by atoms with E-state index < -0.39 is 5.97 Å². The van der Waals surface area contributed by atoms with Gasteiger partial charge in [-0.1, -0.05) is 52.7 Å². The lowest BCUT2D eigenvalue weighted by Gasteiger charge is -2.26. The molecule has 0 aliphatic heterocycles. The van der Waals surface area contributed by atoms with Crippen LogP contribution in [0.25, 0.3) is 0 Å². The van der Waals surface area contributed by atoms with E-state index in [1.54, 1.807) is 12.1 Å². The van der Waals surface area contributed by atoms with Crippen molar-refractivity contribution >= 4 is 5.97 Å². The molecule has 21 heavy (non-hydrogen) atoms. The second-order valence-electron chi connectivity index (χ2n) is 7.09. The molecule has 0 radical (unpaired) electrons. The molecule has 2 atom stereocenters. The lowest BCUT2D eigenvalue weighted by atomic mass is 9.87. The minimum atomic E-state index is -0.409. The molecule has 2 unspecified atom stereocenters. The number of benzene rings is 1. The Bertz CT molecular complexity index is 470. The van der Waals surface area contributed by atoms with E-state index in [-0.39, 0.29) is 11.5 Å². The number of rotatable bonds is 3. The molecule has 1 aliphatic rings. The summed E-state index contributed by atoms with van der Waals surface area (Å²) < 4.78 is 0. The zero-order valence-electron chi connectivity index (χ0n) is 13.5. The van der Waals surface area contributed by atoms with Gasteiger partial charge in [0.1, 0.15) is 6.10 Å². The first-order valence-electron chi connectivity index (χ1n) is 7.86. The molecule has 3 nitrogen and oxygen atoms in total. The summed E-state index contributed by atoms with van der Waals surface area (Å²) in [7, 11) is 0. The Hall–Kier alpha value is -1.35. The highest BCUT2D eigenvalue weighted by molar-refractivity contribution is 5.88. The number of hydrogen-bond donors (Lipinski definition) is 0. The van der Waals surface area contributed by atoms with E-state index >= 15 is 0 Å². The van der Waals surface area contributed by atoms with Crippen LogP contribution in [0, 0.1) is 5.92 Å². The molecule has 1 fully saturated rings. The molecule has 116 valence electrons. The molecule has 2 rings (SSSR count). The van der Waals surface area contributed by atoms with Crippen LogP contribution in [0.5, 0.6) is 0 Å². The van der Waals surface area contributed by atoms with E-state index in [4.69, 9.17) is 9.78 Å². The monoisotopic (exact) mass is 290 g/mol. The maximum Gasteiger partial charge on any atom is 0.373 e. The molecule has 0 spiro atoms. The summed E-state index contributed by atoms with van der Waals surface area (Å²) in [5.74, 6) is 0.0445. The van der Waals surface area contributed by atoms with Gasteiger partial charge in [-0.05, 0) is 41.9 Å². The third kappa shape index (κ3) is 4.31. The van der Waals surface area contributed by atoms with Gasteiger partial charge >= 0.3 is 5.97 Å². The quantitative estimate of drug-likeness (QED) is 0.600. The van der Waals surface area contributed by atoms with Crippen molar-refractivity contribution in [1.29, 1.82) is 0 Å². The molecule has 0 N–H and O–H groups in total. The smallest absolute Gasteiger partial charge is 0.293 e. The molecule has 1 aromatic rings. The minimum Gasteiger partial charge on any atom is -0.293 e. The first kappa shape index (κ1) is 16.0. The largest absolute Gasteiger partial charge is 0.373 e. The Morgan fingerprint density at radius 3 is 2.29 bits per heavy atom. The van der Waals surface area contributed by atoms with Gasteiger partial charge in [0.25, 0.3) is 0 Å². The SMILES string of the molecule is CC1CCCCC1OOC(=O)c1ccc(C(C)(C)C)cc1. The maximum atomic E-state index is 12.0. The molecule has 1 saturated carbocycles. The van der Waals surface area contributed by atoms with Crippen molar-refractivity contribution in [2.24, 2.45) is 5.92 Å². The van der Waals surface area contributed by atoms with E-state index in [0.717, 1.165) is 19.3 Å². The highest BCUT2D eigenvalue weighted by Crippen LogP contribution is 2.27. The van der Waals surface area contributed by atoms with Crippen molar-refractivity contribution in [3.63, 3.8) is 0 Å². The molecule has 0 bridgehead atoms. The Morgan fingerprint density at radius 1 is 1.10 bits per heavy atom. The highest BCUT2D eigenvalue weighted by Gasteiger charge is 2.24. The normalized spacial score (nSPS) is 22.9. The van der Waals surface area contributed by atoms with Gasteiger partial charge in [0, 0.05) is 0 Å². The molecular weight excluding hydrogens is 264 g/mol. The summed E-state index contributed by atoms with van der Waals surface area (Å²) in [5, 5.41) is 0. The van der Waals surface area contributed by atoms with Crippen LogP contribution in [0.15, 0.2) is 24.3 Å². The lowest BCUT2D eigenvalue weighted by Crippen LogP contribution is -2.26. The average Bonchev–Trinajstić information content (AvgIpc) is 2.45. The van der Waals surface area contributed by atoms with Crippen LogP contribution in [-0.2, 0) is 15.2 Å². The Kier molecular flexibility index (Phi) is 5.04. The van der Waals surface area contributed by atoms with Gasteiger partial charge < -0.3 is 0 Å². The molecule has 0 heterocycles. The lowest BCUT2D eigenvalue weighted by molar-refractivity contribution is -0.289. The van der Waals surface area contributed by atoms with Crippen LogP contribution < -0.4 is 0 Å². The van der Waals surface area contributed by atoms with Gasteiger partial charge in [0.2, 0.25) is 0 Å². The molecule has 1 aliphatic carbocycles. The van der Waals surface area contributed by atoms with Crippen molar-refractivity contribution in [3.8, 4) is 0 Å². The number of carbonyl (C=O) groups excluding carboxylic acids is 1. The van der Waals surface area contributed by atoms with Crippen LogP contribution in [0.1, 0.15) is 69.3 Å². The van der Waals surface area contributed by atoms with Gasteiger partial charge in [-0.3, -0.25) is 4.89 Å². The molecule has 1 aromatic carbocycles. The fourth-order valence-corrected chi connectivity index (χ4v) is 2.69. The fourth-order valence-electron chi connectivity index (χ4n) is 2.69. The topological polar surface area (TPSA) is 35.5 Å². The van der Waals surface area contributed by atoms with Crippen molar-refractivity contribution in [3.05, 3.63) is 35.4 Å². The summed E-state index contributed by atoms with van der Waals surface area (Å²) >= 11 is 0. The molecule has 0 amide bonds.